The highest BCUT2D eigenvalue weighted by molar-refractivity contribution is 5.70. The van der Waals surface area contributed by atoms with Crippen LogP contribution in [-0.4, -0.2) is 10.1 Å². The third kappa shape index (κ3) is 1.72. The molecule has 20 heavy (non-hydrogen) atoms. The summed E-state index contributed by atoms with van der Waals surface area (Å²) in [7, 11) is 0. The molecule has 0 radical (unpaired) electrons. The summed E-state index contributed by atoms with van der Waals surface area (Å²) in [6.45, 7) is 0. The van der Waals surface area contributed by atoms with Gasteiger partial charge in [-0.05, 0) is 43.2 Å². The Labute approximate surface area is 116 Å². The number of benzene rings is 1. The third-order valence-electron chi connectivity index (χ3n) is 4.79. The number of halogens is 1. The zero-order chi connectivity index (χ0) is 13.7. The fraction of sp³-hybridized carbons (Fsp3) is 0.467. The molecule has 2 aliphatic carbocycles. The van der Waals surface area contributed by atoms with E-state index in [2.05, 4.69) is 10.1 Å². The van der Waals surface area contributed by atoms with Crippen LogP contribution in [-0.2, 0) is 0 Å². The van der Waals surface area contributed by atoms with Gasteiger partial charge in [-0.1, -0.05) is 17.6 Å². The number of nitrogens with two attached hydrogens (primary N) is 1. The molecule has 2 bridgehead atoms. The van der Waals surface area contributed by atoms with Crippen molar-refractivity contribution < 1.29 is 8.91 Å². The van der Waals surface area contributed by atoms with Crippen LogP contribution >= 0.6 is 0 Å². The van der Waals surface area contributed by atoms with E-state index < -0.39 is 5.82 Å². The molecular formula is C15H16FN3O. The van der Waals surface area contributed by atoms with Gasteiger partial charge in [0.1, 0.15) is 5.82 Å². The van der Waals surface area contributed by atoms with Crippen molar-refractivity contribution in [1.29, 1.82) is 0 Å². The van der Waals surface area contributed by atoms with Gasteiger partial charge < -0.3 is 10.3 Å². The molecule has 3 atom stereocenters. The van der Waals surface area contributed by atoms with Crippen LogP contribution in [0.5, 0.6) is 0 Å². The first kappa shape index (κ1) is 11.9. The summed E-state index contributed by atoms with van der Waals surface area (Å²) in [6, 6.07) is 4.63. The van der Waals surface area contributed by atoms with E-state index in [4.69, 9.17) is 10.3 Å². The number of anilines is 1. The Kier molecular flexibility index (Phi) is 2.55. The number of nitrogens with zero attached hydrogens (tertiary/aromatic N) is 2. The second-order valence-electron chi connectivity index (χ2n) is 5.94. The first-order valence-electron chi connectivity index (χ1n) is 7.10. The van der Waals surface area contributed by atoms with Crippen molar-refractivity contribution >= 4 is 5.69 Å². The maximum absolute atomic E-state index is 13.5. The molecule has 2 aromatic rings. The molecule has 0 spiro atoms. The smallest absolute Gasteiger partial charge is 0.260 e. The molecule has 1 aromatic heterocycles. The molecule has 2 fully saturated rings. The van der Waals surface area contributed by atoms with Gasteiger partial charge in [0.15, 0.2) is 5.82 Å². The van der Waals surface area contributed by atoms with Gasteiger partial charge in [0, 0.05) is 5.92 Å². The summed E-state index contributed by atoms with van der Waals surface area (Å²) in [5, 5.41) is 4.10. The highest BCUT2D eigenvalue weighted by atomic mass is 19.1. The van der Waals surface area contributed by atoms with Gasteiger partial charge in [0.05, 0.1) is 11.3 Å². The van der Waals surface area contributed by atoms with Crippen LogP contribution in [0, 0.1) is 17.7 Å². The number of fused-ring (bicyclic) bond motifs is 2. The summed E-state index contributed by atoms with van der Waals surface area (Å²) in [4.78, 5) is 4.46. The fourth-order valence-electron chi connectivity index (χ4n) is 3.78. The molecule has 3 unspecified atom stereocenters. The Balaban J connectivity index is 1.67. The Morgan fingerprint density at radius 1 is 1.25 bits per heavy atom. The van der Waals surface area contributed by atoms with E-state index in [1.54, 1.807) is 12.1 Å². The molecule has 4 rings (SSSR count). The molecule has 0 aliphatic heterocycles. The maximum Gasteiger partial charge on any atom is 0.260 e. The average Bonchev–Trinajstić information content (AvgIpc) is 3.16. The van der Waals surface area contributed by atoms with E-state index in [-0.39, 0.29) is 5.69 Å². The number of rotatable bonds is 2. The second-order valence-corrected chi connectivity index (χ2v) is 5.94. The van der Waals surface area contributed by atoms with Gasteiger partial charge in [-0.15, -0.1) is 0 Å². The Morgan fingerprint density at radius 2 is 2.15 bits per heavy atom. The fourth-order valence-corrected chi connectivity index (χ4v) is 3.78. The molecule has 0 saturated heterocycles. The van der Waals surface area contributed by atoms with E-state index in [0.29, 0.717) is 23.3 Å². The minimum atomic E-state index is -0.456. The zero-order valence-electron chi connectivity index (χ0n) is 11.1. The van der Waals surface area contributed by atoms with Crippen molar-refractivity contribution in [3.63, 3.8) is 0 Å². The first-order valence-corrected chi connectivity index (χ1v) is 7.10. The lowest BCUT2D eigenvalue weighted by Gasteiger charge is -2.17. The largest absolute Gasteiger partial charge is 0.396 e. The van der Waals surface area contributed by atoms with Gasteiger partial charge in [0.2, 0.25) is 0 Å². The SMILES string of the molecule is Nc1c(F)cccc1-c1nc(C2CC3CCC2C3)no1. The summed E-state index contributed by atoms with van der Waals surface area (Å²) >= 11 is 0. The normalized spacial score (nSPS) is 28.1. The molecule has 1 heterocycles. The van der Waals surface area contributed by atoms with Crippen LogP contribution in [0.4, 0.5) is 10.1 Å². The van der Waals surface area contributed by atoms with Crippen LogP contribution in [0.25, 0.3) is 11.5 Å². The quantitative estimate of drug-likeness (QED) is 0.852. The van der Waals surface area contributed by atoms with Crippen LogP contribution in [0.15, 0.2) is 22.7 Å². The number of para-hydroxylation sites is 1. The van der Waals surface area contributed by atoms with E-state index >= 15 is 0 Å². The molecule has 104 valence electrons. The third-order valence-corrected chi connectivity index (χ3v) is 4.79. The summed E-state index contributed by atoms with van der Waals surface area (Å²) < 4.78 is 18.8. The van der Waals surface area contributed by atoms with Gasteiger partial charge in [-0.2, -0.15) is 4.98 Å². The number of aromatic nitrogens is 2. The Morgan fingerprint density at radius 3 is 2.90 bits per heavy atom. The topological polar surface area (TPSA) is 64.9 Å². The van der Waals surface area contributed by atoms with Crippen molar-refractivity contribution in [2.24, 2.45) is 11.8 Å². The lowest BCUT2D eigenvalue weighted by Crippen LogP contribution is -2.09. The zero-order valence-corrected chi connectivity index (χ0v) is 11.1. The Hall–Kier alpha value is -1.91. The standard InChI is InChI=1S/C15H16FN3O/c16-12-3-1-2-10(13(12)17)15-18-14(19-20-15)11-7-8-4-5-9(11)6-8/h1-3,8-9,11H,4-7,17H2. The molecule has 2 aliphatic rings. The minimum Gasteiger partial charge on any atom is -0.396 e. The Bertz CT molecular complexity index is 654. The van der Waals surface area contributed by atoms with Gasteiger partial charge in [0.25, 0.3) is 5.89 Å². The molecule has 5 heteroatoms. The lowest BCUT2D eigenvalue weighted by molar-refractivity contribution is 0.372. The van der Waals surface area contributed by atoms with Crippen molar-refractivity contribution in [3.05, 3.63) is 29.8 Å². The number of hydrogen-bond donors (Lipinski definition) is 1. The monoisotopic (exact) mass is 273 g/mol. The van der Waals surface area contributed by atoms with Gasteiger partial charge in [-0.3, -0.25) is 0 Å². The van der Waals surface area contributed by atoms with Crippen molar-refractivity contribution in [3.8, 4) is 11.5 Å². The van der Waals surface area contributed by atoms with Crippen molar-refractivity contribution in [2.75, 3.05) is 5.73 Å². The molecular weight excluding hydrogens is 257 g/mol. The summed E-state index contributed by atoms with van der Waals surface area (Å²) in [5.41, 5.74) is 6.28. The van der Waals surface area contributed by atoms with Gasteiger partial charge in [-0.25, -0.2) is 4.39 Å². The van der Waals surface area contributed by atoms with E-state index in [9.17, 15) is 4.39 Å². The molecule has 1 aromatic carbocycles. The number of nitrogen functional groups attached to an aromatic ring is 1. The minimum absolute atomic E-state index is 0.0654. The average molecular weight is 273 g/mol. The van der Waals surface area contributed by atoms with E-state index in [1.807, 2.05) is 0 Å². The van der Waals surface area contributed by atoms with E-state index in [1.165, 1.54) is 25.3 Å². The predicted molar refractivity (Wildman–Crippen MR) is 72.3 cm³/mol. The molecule has 4 nitrogen and oxygen atoms in total. The maximum atomic E-state index is 13.5. The molecule has 2 saturated carbocycles. The lowest BCUT2D eigenvalue weighted by atomic mass is 9.88. The first-order chi connectivity index (χ1) is 9.72. The molecule has 0 amide bonds. The van der Waals surface area contributed by atoms with E-state index in [0.717, 1.165) is 18.2 Å². The summed E-state index contributed by atoms with van der Waals surface area (Å²) in [6.07, 6.45) is 5.04. The second kappa shape index (κ2) is 4.30. The highest BCUT2D eigenvalue weighted by Crippen LogP contribution is 2.52. The van der Waals surface area contributed by atoms with Gasteiger partial charge >= 0.3 is 0 Å². The summed E-state index contributed by atoms with van der Waals surface area (Å²) in [5.74, 6) is 2.54. The number of hydrogen-bond acceptors (Lipinski definition) is 4. The molecule has 2 N–H and O–H groups in total. The van der Waals surface area contributed by atoms with Crippen molar-refractivity contribution in [2.45, 2.75) is 31.6 Å². The van der Waals surface area contributed by atoms with Crippen LogP contribution in [0.3, 0.4) is 0 Å². The van der Waals surface area contributed by atoms with Crippen LogP contribution in [0.2, 0.25) is 0 Å². The van der Waals surface area contributed by atoms with Crippen molar-refractivity contribution in [1.82, 2.24) is 10.1 Å². The van der Waals surface area contributed by atoms with Crippen LogP contribution < -0.4 is 5.73 Å². The highest BCUT2D eigenvalue weighted by Gasteiger charge is 2.42. The van der Waals surface area contributed by atoms with Crippen LogP contribution in [0.1, 0.15) is 37.4 Å². The predicted octanol–water partition coefficient (Wildman–Crippen LogP) is 3.36.